The van der Waals surface area contributed by atoms with E-state index in [1.165, 1.54) is 65.4 Å². The molecule has 2 aromatic rings. The van der Waals surface area contributed by atoms with Crippen LogP contribution in [-0.2, 0) is 23.8 Å². The predicted molar refractivity (Wildman–Crippen MR) is 229 cm³/mol. The molecule has 0 aliphatic carbocycles. The van der Waals surface area contributed by atoms with E-state index in [1.54, 1.807) is 20.8 Å². The number of carbonyl (C=O) groups excluding carboxylic acids is 3. The average Bonchev–Trinajstić information content (AvgIpc) is 3.73. The molecule has 338 valence electrons. The maximum Gasteiger partial charge on any atom is 0.312 e. The number of Topliss-reactive ketones (excluding diaryl/α,β-unsaturated/α-hetero) is 1. The zero-order chi connectivity index (χ0) is 45.6. The van der Waals surface area contributed by atoms with Crippen molar-refractivity contribution in [3.63, 3.8) is 0 Å². The van der Waals surface area contributed by atoms with E-state index < -0.39 is 95.3 Å². The van der Waals surface area contributed by atoms with Crippen LogP contribution in [0.2, 0.25) is 0 Å². The number of esters is 1. The number of likely N-dealkylation sites (tertiary alicyclic amines) is 1. The number of allylic oxidation sites excluding steroid dienone is 2. The molecule has 9 atom stereocenters. The Labute approximate surface area is 361 Å². The number of aromatic hydroxyl groups is 2. The molecule has 16 heteroatoms. The number of anilines is 1. The third-order valence-electron chi connectivity index (χ3n) is 12.9. The number of rotatable bonds is 5. The van der Waals surface area contributed by atoms with Crippen LogP contribution in [0, 0.1) is 36.5 Å². The summed E-state index contributed by atoms with van der Waals surface area (Å²) in [4.78, 5) is 53.7. The van der Waals surface area contributed by atoms with E-state index in [0.717, 1.165) is 6.54 Å². The Hall–Kier alpha value is -4.87. The fraction of sp³-hybridized carbons (Fsp3) is 0.587. The van der Waals surface area contributed by atoms with Gasteiger partial charge in [0.1, 0.15) is 28.6 Å². The molecule has 1 amide bonds. The third kappa shape index (κ3) is 8.59. The van der Waals surface area contributed by atoms with Gasteiger partial charge in [0.05, 0.1) is 47.5 Å². The van der Waals surface area contributed by atoms with Crippen molar-refractivity contribution in [2.45, 2.75) is 111 Å². The number of piperidine rings is 1. The summed E-state index contributed by atoms with van der Waals surface area (Å²) in [6.07, 6.45) is 4.08. The highest BCUT2D eigenvalue weighted by molar-refractivity contribution is 6.19. The first-order valence-corrected chi connectivity index (χ1v) is 21.4. The van der Waals surface area contributed by atoms with E-state index in [-0.39, 0.29) is 49.6 Å². The monoisotopic (exact) mass is 862 g/mol. The molecule has 4 aliphatic heterocycles. The minimum absolute atomic E-state index is 0.0173. The maximum atomic E-state index is 14.7. The van der Waals surface area contributed by atoms with Crippen LogP contribution in [0.15, 0.2) is 46.1 Å². The van der Waals surface area contributed by atoms with Gasteiger partial charge >= 0.3 is 11.8 Å². The van der Waals surface area contributed by atoms with Crippen LogP contribution in [0.3, 0.4) is 0 Å². The number of methoxy groups -OCH3 is 1. The summed E-state index contributed by atoms with van der Waals surface area (Å²) in [6.45, 7) is 16.9. The van der Waals surface area contributed by atoms with Gasteiger partial charge in [-0.1, -0.05) is 52.8 Å². The fourth-order valence-corrected chi connectivity index (χ4v) is 9.25. The van der Waals surface area contributed by atoms with Crippen LogP contribution < -0.4 is 20.8 Å². The summed E-state index contributed by atoms with van der Waals surface area (Å²) in [6, 6.07) is 0. The molecule has 4 heterocycles. The highest BCUT2D eigenvalue weighted by Gasteiger charge is 2.50. The molecule has 6 rings (SSSR count). The van der Waals surface area contributed by atoms with Crippen molar-refractivity contribution >= 4 is 34.1 Å². The quantitative estimate of drug-likeness (QED) is 0.186. The van der Waals surface area contributed by atoms with Gasteiger partial charge < -0.3 is 54.7 Å². The van der Waals surface area contributed by atoms with E-state index in [9.17, 15) is 39.9 Å². The number of amides is 1. The molecule has 1 fully saturated rings. The largest absolute Gasteiger partial charge is 0.507 e. The van der Waals surface area contributed by atoms with Gasteiger partial charge in [0.2, 0.25) is 0 Å². The second-order valence-electron chi connectivity index (χ2n) is 17.9. The molecular weight excluding hydrogens is 801 g/mol. The molecule has 4 bridgehead atoms. The maximum absolute atomic E-state index is 14.7. The fourth-order valence-electron chi connectivity index (χ4n) is 9.25. The van der Waals surface area contributed by atoms with Crippen molar-refractivity contribution in [1.82, 2.24) is 4.90 Å². The number of carbonyl (C=O) groups is 3. The van der Waals surface area contributed by atoms with Crippen LogP contribution in [0.5, 0.6) is 17.2 Å². The summed E-state index contributed by atoms with van der Waals surface area (Å²) in [5, 5.41) is 60.4. The van der Waals surface area contributed by atoms with Gasteiger partial charge in [0, 0.05) is 93.6 Å². The Bertz CT molecular complexity index is 2320. The Balaban J connectivity index is 1.55. The van der Waals surface area contributed by atoms with E-state index in [0.29, 0.717) is 31.8 Å². The van der Waals surface area contributed by atoms with Gasteiger partial charge in [-0.15, -0.1) is 0 Å². The smallest absolute Gasteiger partial charge is 0.312 e. The minimum atomic E-state index is -1.98. The molecule has 62 heavy (non-hydrogen) atoms. The summed E-state index contributed by atoms with van der Waals surface area (Å²) in [7, 11) is 1.44. The number of phenols is 2. The van der Waals surface area contributed by atoms with E-state index in [2.05, 4.69) is 24.1 Å². The number of aliphatic hydroxyl groups excluding tert-OH is 3. The van der Waals surface area contributed by atoms with Crippen molar-refractivity contribution in [2.75, 3.05) is 38.7 Å². The Morgan fingerprint density at radius 3 is 2.26 bits per heavy atom. The van der Waals surface area contributed by atoms with Crippen molar-refractivity contribution in [1.29, 1.82) is 0 Å². The zero-order valence-corrected chi connectivity index (χ0v) is 37.3. The lowest BCUT2D eigenvalue weighted by molar-refractivity contribution is -0.160. The first kappa shape index (κ1) is 46.6. The van der Waals surface area contributed by atoms with Crippen LogP contribution in [-0.4, -0.2) is 117 Å². The summed E-state index contributed by atoms with van der Waals surface area (Å²) in [5.41, 5.74) is -0.747. The molecule has 1 spiro atoms. The number of hydrogen-bond acceptors (Lipinski definition) is 15. The van der Waals surface area contributed by atoms with Crippen molar-refractivity contribution < 1.29 is 58.9 Å². The van der Waals surface area contributed by atoms with E-state index >= 15 is 0 Å². The van der Waals surface area contributed by atoms with Crippen LogP contribution in [0.1, 0.15) is 84.2 Å². The highest BCUT2D eigenvalue weighted by Crippen LogP contribution is 2.50. The second kappa shape index (κ2) is 18.1. The van der Waals surface area contributed by atoms with Crippen LogP contribution in [0.25, 0.3) is 10.8 Å². The summed E-state index contributed by atoms with van der Waals surface area (Å²) < 4.78 is 23.9. The van der Waals surface area contributed by atoms with Gasteiger partial charge in [0.15, 0.2) is 11.4 Å². The Morgan fingerprint density at radius 1 is 0.984 bits per heavy atom. The molecule has 0 radical (unpaired) electrons. The van der Waals surface area contributed by atoms with E-state index in [4.69, 9.17) is 28.9 Å². The molecule has 16 nitrogen and oxygen atoms in total. The molecular formula is C46H62N4O12. The standard InChI is InChI=1S/C46H62N4O12/c1-22(2)20-50-17-15-46(16-18-50)48-34-31-32-39(55)27(7)42-33(31)43(57)45(9,62-42)60-19-14-30(59-10)24(4)41(61-28(8)52)26(6)37(53)25(5)38(54)29(21-51)13-11-12-23(3)44(58)47-36(40(32)56)35(34)49-46/h11-14,19,22,24-26,29-30,37-38,41,51,53-56H,15-18,20-21H2,1-10H3,(H,47,58)/b13-11+,19-14+,23-12-. The lowest BCUT2D eigenvalue weighted by Crippen LogP contribution is -2.47. The number of aliphatic hydroxyl groups is 3. The summed E-state index contributed by atoms with van der Waals surface area (Å²) >= 11 is 0. The molecule has 1 saturated heterocycles. The lowest BCUT2D eigenvalue weighted by Gasteiger charge is -2.38. The second-order valence-corrected chi connectivity index (χ2v) is 17.9. The topological polar surface area (TPSA) is 229 Å². The van der Waals surface area contributed by atoms with Gasteiger partial charge in [-0.05, 0) is 25.8 Å². The molecule has 6 N–H and O–H groups in total. The highest BCUT2D eigenvalue weighted by atomic mass is 16.7. The van der Waals surface area contributed by atoms with Crippen LogP contribution >= 0.6 is 0 Å². The van der Waals surface area contributed by atoms with Crippen LogP contribution in [0.4, 0.5) is 5.69 Å². The third-order valence-corrected chi connectivity index (χ3v) is 12.9. The van der Waals surface area contributed by atoms with Crippen molar-refractivity contribution in [2.24, 2.45) is 39.6 Å². The normalized spacial score (nSPS) is 32.3. The first-order valence-electron chi connectivity index (χ1n) is 21.4. The predicted octanol–water partition coefficient (Wildman–Crippen LogP) is 3.72. The molecule has 0 saturated carbocycles. The molecule has 0 aromatic heterocycles. The lowest BCUT2D eigenvalue weighted by atomic mass is 9.78. The molecule has 2 aromatic carbocycles. The molecule has 9 unspecified atom stereocenters. The van der Waals surface area contributed by atoms with Gasteiger partial charge in [-0.25, -0.2) is 0 Å². The van der Waals surface area contributed by atoms with Gasteiger partial charge in [-0.2, -0.15) is 0 Å². The zero-order valence-electron chi connectivity index (χ0n) is 37.3. The van der Waals surface area contributed by atoms with Gasteiger partial charge in [-0.3, -0.25) is 24.4 Å². The van der Waals surface area contributed by atoms with E-state index in [1.807, 2.05) is 0 Å². The van der Waals surface area contributed by atoms with Crippen molar-refractivity contribution in [3.8, 4) is 17.2 Å². The van der Waals surface area contributed by atoms with Gasteiger partial charge in [0.25, 0.3) is 11.7 Å². The first-order chi connectivity index (χ1) is 29.2. The number of fused-ring (bicyclic) bond motifs is 1. The Morgan fingerprint density at radius 2 is 1.65 bits per heavy atom. The number of hydrogen-bond donors (Lipinski definition) is 6. The SMILES string of the molecule is COC1/C=C/OC2(C)Oc3c(C)c(O)c4c(O)c(c5c(c4c3C2=O)=NC2(CCN(CC(C)C)CC2)N=5)NC(=O)/C(C)=C\C=C\C(CO)C(O)C(C)C(O)C(C)C(OC(C)=O)C1C. The Kier molecular flexibility index (Phi) is 13.6. The molecule has 4 aliphatic rings. The number of nitrogens with zero attached hydrogens (tertiary/aromatic N) is 3. The average molecular weight is 863 g/mol. The number of benzene rings is 2. The number of ether oxygens (including phenoxy) is 4. The number of phenolic OH excluding ortho intramolecular Hbond substituents is 2. The van der Waals surface area contributed by atoms with Crippen molar-refractivity contribution in [3.05, 3.63) is 58.0 Å². The minimum Gasteiger partial charge on any atom is -0.507 e. The number of nitrogens with one attached hydrogen (secondary N) is 1. The summed E-state index contributed by atoms with van der Waals surface area (Å²) in [5.74, 6) is -7.34. The number of ketones is 1.